The van der Waals surface area contributed by atoms with Gasteiger partial charge in [-0.3, -0.25) is 0 Å². The normalized spacial score (nSPS) is 32.4. The first-order valence-corrected chi connectivity index (χ1v) is 10.5. The Hall–Kier alpha value is -0.250. The van der Waals surface area contributed by atoms with Crippen molar-refractivity contribution < 1.29 is 22.6 Å². The molecular formula is C15H28N2O5S. The van der Waals surface area contributed by atoms with Gasteiger partial charge in [-0.2, -0.15) is 0 Å². The molecule has 1 aliphatic carbocycles. The summed E-state index contributed by atoms with van der Waals surface area (Å²) in [5, 5.41) is 3.38. The Morgan fingerprint density at radius 3 is 2.57 bits per heavy atom. The molecule has 2 heterocycles. The van der Waals surface area contributed by atoms with Crippen LogP contribution in [0.1, 0.15) is 38.5 Å². The highest BCUT2D eigenvalue weighted by Gasteiger charge is 2.40. The molecule has 2 aliphatic heterocycles. The third-order valence-electron chi connectivity index (χ3n) is 4.97. The Kier molecular flexibility index (Phi) is 5.60. The number of piperidine rings is 1. The van der Waals surface area contributed by atoms with Crippen molar-refractivity contribution in [2.24, 2.45) is 0 Å². The van der Waals surface area contributed by atoms with Crippen LogP contribution in [0.4, 0.5) is 0 Å². The van der Waals surface area contributed by atoms with Gasteiger partial charge in [-0.1, -0.05) is 0 Å². The fraction of sp³-hybridized carbons (Fsp3) is 1.00. The van der Waals surface area contributed by atoms with Crippen molar-refractivity contribution in [2.45, 2.75) is 62.5 Å². The molecule has 1 spiro atoms. The standard InChI is InChI=1S/C15H28N2O5S/c1-23(18,19)17-13-3-2-8-16-14(13)11-20-12-4-6-15(7-5-12)21-9-10-22-15/h12-14,16-17H,2-11H2,1H3. The Labute approximate surface area is 138 Å². The molecule has 2 N–H and O–H groups in total. The van der Waals surface area contributed by atoms with E-state index in [4.69, 9.17) is 14.2 Å². The van der Waals surface area contributed by atoms with Crippen molar-refractivity contribution in [1.82, 2.24) is 10.0 Å². The molecule has 2 unspecified atom stereocenters. The van der Waals surface area contributed by atoms with E-state index in [1.165, 1.54) is 6.26 Å². The van der Waals surface area contributed by atoms with Gasteiger partial charge in [0.05, 0.1) is 32.2 Å². The Morgan fingerprint density at radius 1 is 1.22 bits per heavy atom. The lowest BCUT2D eigenvalue weighted by atomic mass is 9.91. The molecule has 1 saturated carbocycles. The van der Waals surface area contributed by atoms with E-state index in [1.54, 1.807) is 0 Å². The molecule has 0 aromatic heterocycles. The molecule has 7 nitrogen and oxygen atoms in total. The van der Waals surface area contributed by atoms with Crippen molar-refractivity contribution in [3.8, 4) is 0 Å². The average molecular weight is 348 g/mol. The van der Waals surface area contributed by atoms with Gasteiger partial charge in [-0.15, -0.1) is 0 Å². The van der Waals surface area contributed by atoms with E-state index in [2.05, 4.69) is 10.0 Å². The third kappa shape index (κ3) is 4.87. The molecule has 3 fully saturated rings. The summed E-state index contributed by atoms with van der Waals surface area (Å²) in [4.78, 5) is 0. The monoisotopic (exact) mass is 348 g/mol. The molecule has 2 atom stereocenters. The predicted octanol–water partition coefficient (Wildman–Crippen LogP) is 0.359. The minimum absolute atomic E-state index is 0.0355. The van der Waals surface area contributed by atoms with Crippen LogP contribution in [-0.2, 0) is 24.2 Å². The smallest absolute Gasteiger partial charge is 0.209 e. The fourth-order valence-electron chi connectivity index (χ4n) is 3.77. The summed E-state index contributed by atoms with van der Waals surface area (Å²) in [5.41, 5.74) is 0. The second kappa shape index (κ2) is 7.33. The SMILES string of the molecule is CS(=O)(=O)NC1CCCNC1COC1CCC2(CC1)OCCO2. The van der Waals surface area contributed by atoms with Crippen LogP contribution < -0.4 is 10.0 Å². The van der Waals surface area contributed by atoms with E-state index in [-0.39, 0.29) is 24.0 Å². The number of rotatable bonds is 5. The summed E-state index contributed by atoms with van der Waals surface area (Å²) in [6.45, 7) is 2.82. The highest BCUT2D eigenvalue weighted by molar-refractivity contribution is 7.88. The Balaban J connectivity index is 1.45. The van der Waals surface area contributed by atoms with E-state index >= 15 is 0 Å². The summed E-state index contributed by atoms with van der Waals surface area (Å²) in [7, 11) is -3.19. The van der Waals surface area contributed by atoms with E-state index in [0.717, 1.165) is 45.1 Å². The summed E-state index contributed by atoms with van der Waals surface area (Å²) in [6.07, 6.45) is 6.85. The van der Waals surface area contributed by atoms with Gasteiger partial charge in [0.1, 0.15) is 0 Å². The lowest BCUT2D eigenvalue weighted by Gasteiger charge is -2.37. The predicted molar refractivity (Wildman–Crippen MR) is 85.6 cm³/mol. The van der Waals surface area contributed by atoms with Gasteiger partial charge >= 0.3 is 0 Å². The molecule has 23 heavy (non-hydrogen) atoms. The first-order chi connectivity index (χ1) is 11.0. The molecule has 3 aliphatic rings. The maximum atomic E-state index is 11.5. The molecule has 8 heteroatoms. The third-order valence-corrected chi connectivity index (χ3v) is 5.70. The summed E-state index contributed by atoms with van der Waals surface area (Å²) in [5.74, 6) is -0.358. The fourth-order valence-corrected chi connectivity index (χ4v) is 4.60. The Morgan fingerprint density at radius 2 is 1.91 bits per heavy atom. The Bertz CT molecular complexity index is 482. The van der Waals surface area contributed by atoms with E-state index in [0.29, 0.717) is 19.8 Å². The lowest BCUT2D eigenvalue weighted by Crippen LogP contribution is -2.55. The summed E-state index contributed by atoms with van der Waals surface area (Å²) >= 11 is 0. The minimum Gasteiger partial charge on any atom is -0.377 e. The molecular weight excluding hydrogens is 320 g/mol. The van der Waals surface area contributed by atoms with Crippen molar-refractivity contribution in [2.75, 3.05) is 32.6 Å². The molecule has 2 saturated heterocycles. The first-order valence-electron chi connectivity index (χ1n) is 8.56. The van der Waals surface area contributed by atoms with Crippen LogP contribution in [0, 0.1) is 0 Å². The van der Waals surface area contributed by atoms with Crippen molar-refractivity contribution >= 4 is 10.0 Å². The molecule has 134 valence electrons. The quantitative estimate of drug-likeness (QED) is 0.746. The number of sulfonamides is 1. The molecule has 0 radical (unpaired) electrons. The van der Waals surface area contributed by atoms with Crippen LogP contribution in [0.2, 0.25) is 0 Å². The molecule has 0 bridgehead atoms. The van der Waals surface area contributed by atoms with E-state index in [1.807, 2.05) is 0 Å². The van der Waals surface area contributed by atoms with E-state index < -0.39 is 10.0 Å². The van der Waals surface area contributed by atoms with Crippen LogP contribution in [0.25, 0.3) is 0 Å². The van der Waals surface area contributed by atoms with E-state index in [9.17, 15) is 8.42 Å². The number of nitrogens with one attached hydrogen (secondary N) is 2. The second-order valence-corrected chi connectivity index (χ2v) is 8.62. The van der Waals surface area contributed by atoms with Gasteiger partial charge in [0.15, 0.2) is 5.79 Å². The largest absolute Gasteiger partial charge is 0.377 e. The van der Waals surface area contributed by atoms with Gasteiger partial charge in [0.2, 0.25) is 10.0 Å². The topological polar surface area (TPSA) is 85.9 Å². The van der Waals surface area contributed by atoms with Gasteiger partial charge in [-0.05, 0) is 32.2 Å². The zero-order valence-electron chi connectivity index (χ0n) is 13.8. The van der Waals surface area contributed by atoms with Crippen LogP contribution in [0.15, 0.2) is 0 Å². The minimum atomic E-state index is -3.19. The summed E-state index contributed by atoms with van der Waals surface area (Å²) < 4.78 is 43.2. The second-order valence-electron chi connectivity index (χ2n) is 6.84. The van der Waals surface area contributed by atoms with Gasteiger partial charge in [0.25, 0.3) is 0 Å². The number of hydrogen-bond acceptors (Lipinski definition) is 6. The molecule has 0 aromatic rings. The van der Waals surface area contributed by atoms with Crippen LogP contribution in [-0.4, -0.2) is 65.0 Å². The highest BCUT2D eigenvalue weighted by Crippen LogP contribution is 2.36. The van der Waals surface area contributed by atoms with Crippen LogP contribution in [0.5, 0.6) is 0 Å². The maximum absolute atomic E-state index is 11.5. The lowest BCUT2D eigenvalue weighted by molar-refractivity contribution is -0.192. The van der Waals surface area contributed by atoms with Gasteiger partial charge in [-0.25, -0.2) is 13.1 Å². The number of hydrogen-bond donors (Lipinski definition) is 2. The van der Waals surface area contributed by atoms with Crippen LogP contribution >= 0.6 is 0 Å². The zero-order chi connectivity index (χ0) is 16.3. The highest BCUT2D eigenvalue weighted by atomic mass is 32.2. The zero-order valence-corrected chi connectivity index (χ0v) is 14.6. The molecule has 0 aromatic carbocycles. The first kappa shape index (κ1) is 17.6. The molecule has 0 amide bonds. The van der Waals surface area contributed by atoms with Gasteiger partial charge < -0.3 is 19.5 Å². The van der Waals surface area contributed by atoms with Crippen molar-refractivity contribution in [3.63, 3.8) is 0 Å². The number of ether oxygens (including phenoxy) is 3. The van der Waals surface area contributed by atoms with Gasteiger partial charge in [0, 0.05) is 24.9 Å². The average Bonchev–Trinajstić information content (AvgIpc) is 2.95. The summed E-state index contributed by atoms with van der Waals surface area (Å²) in [6, 6.07) is -0.0523. The van der Waals surface area contributed by atoms with Crippen molar-refractivity contribution in [1.29, 1.82) is 0 Å². The molecule has 3 rings (SSSR count). The van der Waals surface area contributed by atoms with Crippen molar-refractivity contribution in [3.05, 3.63) is 0 Å². The van der Waals surface area contributed by atoms with Crippen LogP contribution in [0.3, 0.4) is 0 Å². The maximum Gasteiger partial charge on any atom is 0.209 e.